The van der Waals surface area contributed by atoms with Crippen molar-refractivity contribution in [3.05, 3.63) is 65.0 Å². The Morgan fingerprint density at radius 2 is 1.96 bits per heavy atom. The second-order valence-electron chi connectivity index (χ2n) is 6.88. The van der Waals surface area contributed by atoms with Crippen LogP contribution in [0.25, 0.3) is 0 Å². The van der Waals surface area contributed by atoms with Crippen molar-refractivity contribution in [3.8, 4) is 0 Å². The van der Waals surface area contributed by atoms with E-state index in [0.717, 1.165) is 36.5 Å². The molecule has 138 valence electrons. The molecule has 26 heavy (non-hydrogen) atoms. The van der Waals surface area contributed by atoms with E-state index in [2.05, 4.69) is 10.3 Å². The Labute approximate surface area is 150 Å². The van der Waals surface area contributed by atoms with Crippen molar-refractivity contribution >= 4 is 5.91 Å². The number of hydrogen-bond acceptors (Lipinski definition) is 2. The molecule has 0 radical (unpaired) electrons. The van der Waals surface area contributed by atoms with Crippen molar-refractivity contribution in [2.24, 2.45) is 5.92 Å². The minimum Gasteiger partial charge on any atom is -0.351 e. The third kappa shape index (κ3) is 4.62. The van der Waals surface area contributed by atoms with Crippen LogP contribution in [0.2, 0.25) is 0 Å². The molecule has 2 aromatic rings. The highest BCUT2D eigenvalue weighted by molar-refractivity contribution is 5.95. The predicted octanol–water partition coefficient (Wildman–Crippen LogP) is 4.72. The number of carbonyl (C=O) groups is 1. The molecule has 0 saturated heterocycles. The number of amides is 1. The second kappa shape index (κ2) is 7.48. The third-order valence-corrected chi connectivity index (χ3v) is 4.76. The zero-order valence-corrected chi connectivity index (χ0v) is 14.5. The van der Waals surface area contributed by atoms with Crippen LogP contribution in [0.5, 0.6) is 0 Å². The van der Waals surface area contributed by atoms with Crippen LogP contribution in [0.4, 0.5) is 13.2 Å². The van der Waals surface area contributed by atoms with Crippen LogP contribution in [0, 0.1) is 12.8 Å². The maximum absolute atomic E-state index is 12.7. The zero-order valence-electron chi connectivity index (χ0n) is 14.5. The van der Waals surface area contributed by atoms with E-state index < -0.39 is 11.9 Å². The zero-order chi connectivity index (χ0) is 18.7. The Balaban J connectivity index is 1.70. The van der Waals surface area contributed by atoms with Gasteiger partial charge in [-0.3, -0.25) is 9.78 Å². The molecule has 1 N–H and O–H groups in total. The molecule has 1 saturated carbocycles. The van der Waals surface area contributed by atoms with E-state index in [-0.39, 0.29) is 11.8 Å². The van der Waals surface area contributed by atoms with E-state index in [4.69, 9.17) is 0 Å². The van der Waals surface area contributed by atoms with Crippen molar-refractivity contribution in [3.63, 3.8) is 0 Å². The van der Waals surface area contributed by atoms with E-state index in [0.29, 0.717) is 18.0 Å². The Kier molecular flexibility index (Phi) is 5.30. The lowest BCUT2D eigenvalue weighted by Crippen LogP contribution is -2.29. The lowest BCUT2D eigenvalue weighted by atomic mass is 9.94. The fraction of sp³-hybridized carbons (Fsp3) is 0.400. The van der Waals surface area contributed by atoms with Gasteiger partial charge < -0.3 is 5.32 Å². The Morgan fingerprint density at radius 1 is 1.23 bits per heavy atom. The van der Waals surface area contributed by atoms with Gasteiger partial charge >= 0.3 is 6.18 Å². The largest absolute Gasteiger partial charge is 0.433 e. The van der Waals surface area contributed by atoms with Gasteiger partial charge in [0, 0.05) is 24.2 Å². The van der Waals surface area contributed by atoms with Crippen molar-refractivity contribution in [2.45, 2.75) is 38.3 Å². The first-order valence-electron chi connectivity index (χ1n) is 8.71. The Bertz CT molecular complexity index is 767. The highest BCUT2D eigenvalue weighted by Crippen LogP contribution is 2.38. The first-order chi connectivity index (χ1) is 12.3. The van der Waals surface area contributed by atoms with E-state index in [9.17, 15) is 18.0 Å². The lowest BCUT2D eigenvalue weighted by Gasteiger charge is -2.19. The number of aromatic nitrogens is 1. The standard InChI is InChI=1S/C20H21F3N2O/c1-13-4-2-3-5-17(13)19(26)25-12-16(10-14-6-7-14)15-8-9-18(24-11-15)20(21,22)23/h2-5,8-9,11,14,16H,6-7,10,12H2,1H3,(H,25,26). The molecule has 6 heteroatoms. The van der Waals surface area contributed by atoms with Gasteiger partial charge in [-0.05, 0) is 42.5 Å². The van der Waals surface area contributed by atoms with Crippen LogP contribution >= 0.6 is 0 Å². The van der Waals surface area contributed by atoms with Gasteiger partial charge in [-0.1, -0.05) is 37.1 Å². The van der Waals surface area contributed by atoms with Gasteiger partial charge in [0.25, 0.3) is 5.91 Å². The number of benzene rings is 1. The van der Waals surface area contributed by atoms with E-state index in [1.165, 1.54) is 12.3 Å². The molecule has 1 aromatic heterocycles. The average Bonchev–Trinajstić information content (AvgIpc) is 3.42. The van der Waals surface area contributed by atoms with Gasteiger partial charge in [0.1, 0.15) is 5.69 Å². The molecular formula is C20H21F3N2O. The number of carbonyl (C=O) groups excluding carboxylic acids is 1. The number of pyridine rings is 1. The minimum atomic E-state index is -4.44. The molecule has 1 fully saturated rings. The number of hydrogen-bond donors (Lipinski definition) is 1. The summed E-state index contributed by atoms with van der Waals surface area (Å²) in [5, 5.41) is 2.93. The smallest absolute Gasteiger partial charge is 0.351 e. The van der Waals surface area contributed by atoms with Gasteiger partial charge in [-0.25, -0.2) is 0 Å². The SMILES string of the molecule is Cc1ccccc1C(=O)NCC(CC1CC1)c1ccc(C(F)(F)F)nc1. The van der Waals surface area contributed by atoms with Crippen LogP contribution in [0.15, 0.2) is 42.6 Å². The molecule has 1 aromatic carbocycles. The number of rotatable bonds is 6. The Morgan fingerprint density at radius 3 is 2.54 bits per heavy atom. The molecule has 3 nitrogen and oxygen atoms in total. The van der Waals surface area contributed by atoms with Gasteiger partial charge in [0.15, 0.2) is 0 Å². The first kappa shape index (κ1) is 18.4. The molecule has 0 spiro atoms. The normalized spacial score (nSPS) is 15.5. The number of alkyl halides is 3. The molecule has 1 aliphatic rings. The molecular weight excluding hydrogens is 341 g/mol. The van der Waals surface area contributed by atoms with Crippen LogP contribution < -0.4 is 5.32 Å². The van der Waals surface area contributed by atoms with E-state index >= 15 is 0 Å². The summed E-state index contributed by atoms with van der Waals surface area (Å²) in [7, 11) is 0. The van der Waals surface area contributed by atoms with Crippen LogP contribution in [-0.2, 0) is 6.18 Å². The number of aryl methyl sites for hydroxylation is 1. The van der Waals surface area contributed by atoms with Crippen LogP contribution in [-0.4, -0.2) is 17.4 Å². The predicted molar refractivity (Wildman–Crippen MR) is 92.8 cm³/mol. The maximum Gasteiger partial charge on any atom is 0.433 e. The van der Waals surface area contributed by atoms with Gasteiger partial charge in [0.2, 0.25) is 0 Å². The molecule has 1 heterocycles. The molecule has 1 aliphatic carbocycles. The Hall–Kier alpha value is -2.37. The van der Waals surface area contributed by atoms with Crippen molar-refractivity contribution in [1.82, 2.24) is 10.3 Å². The van der Waals surface area contributed by atoms with Gasteiger partial charge in [-0.15, -0.1) is 0 Å². The van der Waals surface area contributed by atoms with Crippen molar-refractivity contribution in [1.29, 1.82) is 0 Å². The highest BCUT2D eigenvalue weighted by Gasteiger charge is 2.33. The summed E-state index contributed by atoms with van der Waals surface area (Å²) in [4.78, 5) is 16.0. The van der Waals surface area contributed by atoms with Crippen molar-refractivity contribution < 1.29 is 18.0 Å². The van der Waals surface area contributed by atoms with Gasteiger partial charge in [-0.2, -0.15) is 13.2 Å². The molecule has 1 atom stereocenters. The van der Waals surface area contributed by atoms with Crippen LogP contribution in [0.3, 0.4) is 0 Å². The van der Waals surface area contributed by atoms with Crippen molar-refractivity contribution in [2.75, 3.05) is 6.54 Å². The fourth-order valence-corrected chi connectivity index (χ4v) is 3.05. The summed E-state index contributed by atoms with van der Waals surface area (Å²) in [5.41, 5.74) is 1.34. The summed E-state index contributed by atoms with van der Waals surface area (Å²) in [6.07, 6.45) is -0.0347. The van der Waals surface area contributed by atoms with E-state index in [1.54, 1.807) is 6.07 Å². The maximum atomic E-state index is 12.7. The number of nitrogens with one attached hydrogen (secondary N) is 1. The fourth-order valence-electron chi connectivity index (χ4n) is 3.05. The topological polar surface area (TPSA) is 42.0 Å². The molecule has 0 bridgehead atoms. The van der Waals surface area contributed by atoms with E-state index in [1.807, 2.05) is 25.1 Å². The minimum absolute atomic E-state index is 0.0368. The summed E-state index contributed by atoms with van der Waals surface area (Å²) in [6.45, 7) is 2.26. The van der Waals surface area contributed by atoms with Crippen LogP contribution in [0.1, 0.15) is 52.4 Å². The molecule has 1 unspecified atom stereocenters. The number of halogens is 3. The van der Waals surface area contributed by atoms with Gasteiger partial charge in [0.05, 0.1) is 0 Å². The molecule has 0 aliphatic heterocycles. The lowest BCUT2D eigenvalue weighted by molar-refractivity contribution is -0.141. The summed E-state index contributed by atoms with van der Waals surface area (Å²) >= 11 is 0. The summed E-state index contributed by atoms with van der Waals surface area (Å²) < 4.78 is 38.1. The highest BCUT2D eigenvalue weighted by atomic mass is 19.4. The monoisotopic (exact) mass is 362 g/mol. The molecule has 1 amide bonds. The number of nitrogens with zero attached hydrogens (tertiary/aromatic N) is 1. The summed E-state index contributed by atoms with van der Waals surface area (Å²) in [5.74, 6) is 0.381. The quantitative estimate of drug-likeness (QED) is 0.808. The summed E-state index contributed by atoms with van der Waals surface area (Å²) in [6, 6.07) is 9.80. The third-order valence-electron chi connectivity index (χ3n) is 4.76. The average molecular weight is 362 g/mol. The molecule has 3 rings (SSSR count). The second-order valence-corrected chi connectivity index (χ2v) is 6.88. The first-order valence-corrected chi connectivity index (χ1v) is 8.71.